The van der Waals surface area contributed by atoms with Gasteiger partial charge >= 0.3 is 0 Å². The van der Waals surface area contributed by atoms with Gasteiger partial charge in [0.25, 0.3) is 0 Å². The number of hydrogen-bond donors (Lipinski definition) is 1. The van der Waals surface area contributed by atoms with E-state index >= 15 is 0 Å². The Bertz CT molecular complexity index is 744. The first kappa shape index (κ1) is 18.9. The molecule has 0 saturated carbocycles. The Kier molecular flexibility index (Phi) is 6.90. The molecule has 5 heteroatoms. The van der Waals surface area contributed by atoms with E-state index < -0.39 is 0 Å². The van der Waals surface area contributed by atoms with Gasteiger partial charge in [0.2, 0.25) is 5.91 Å². The number of carbonyl (C=O) groups is 1. The smallest absolute Gasteiger partial charge is 0.244 e. The highest BCUT2D eigenvalue weighted by Crippen LogP contribution is 2.36. The minimum absolute atomic E-state index is 0.0724. The van der Waals surface area contributed by atoms with E-state index in [9.17, 15) is 4.79 Å². The highest BCUT2D eigenvalue weighted by atomic mass is 35.5. The van der Waals surface area contributed by atoms with Crippen molar-refractivity contribution >= 4 is 23.6 Å². The molecule has 0 fully saturated rings. The van der Waals surface area contributed by atoms with Gasteiger partial charge in [0, 0.05) is 6.08 Å². The summed E-state index contributed by atoms with van der Waals surface area (Å²) >= 11 is 6.23. The lowest BCUT2D eigenvalue weighted by atomic mass is 10.1. The van der Waals surface area contributed by atoms with Crippen LogP contribution in [-0.2, 0) is 4.79 Å². The van der Waals surface area contributed by atoms with Gasteiger partial charge in [-0.2, -0.15) is 0 Å². The molecule has 0 unspecified atom stereocenters. The number of amides is 1. The Morgan fingerprint density at radius 1 is 1.28 bits per heavy atom. The Hall–Kier alpha value is -2.46. The Morgan fingerprint density at radius 2 is 2.00 bits per heavy atom. The van der Waals surface area contributed by atoms with Gasteiger partial charge < -0.3 is 14.8 Å². The van der Waals surface area contributed by atoms with Crippen LogP contribution >= 0.6 is 11.6 Å². The summed E-state index contributed by atoms with van der Waals surface area (Å²) in [6.07, 6.45) is 3.17. The van der Waals surface area contributed by atoms with Crippen LogP contribution in [0.5, 0.6) is 11.5 Å². The highest BCUT2D eigenvalue weighted by molar-refractivity contribution is 6.32. The van der Waals surface area contributed by atoms with Crippen LogP contribution in [0.3, 0.4) is 0 Å². The molecule has 0 bridgehead atoms. The zero-order valence-electron chi connectivity index (χ0n) is 14.6. The van der Waals surface area contributed by atoms with Gasteiger partial charge in [-0.15, -0.1) is 0 Å². The third-order valence-corrected chi connectivity index (χ3v) is 3.91. The van der Waals surface area contributed by atoms with Crippen LogP contribution in [0.4, 0.5) is 0 Å². The Morgan fingerprint density at radius 3 is 2.64 bits per heavy atom. The summed E-state index contributed by atoms with van der Waals surface area (Å²) < 4.78 is 10.8. The number of hydrogen-bond acceptors (Lipinski definition) is 3. The predicted molar refractivity (Wildman–Crippen MR) is 101 cm³/mol. The molecule has 0 aliphatic carbocycles. The van der Waals surface area contributed by atoms with Gasteiger partial charge in [-0.1, -0.05) is 41.9 Å². The summed E-state index contributed by atoms with van der Waals surface area (Å²) in [6, 6.07) is 13.2. The predicted octanol–water partition coefficient (Wildman–Crippen LogP) is 4.64. The van der Waals surface area contributed by atoms with Crippen LogP contribution in [0.2, 0.25) is 5.02 Å². The fraction of sp³-hybridized carbons (Fsp3) is 0.250. The average molecular weight is 360 g/mol. The quantitative estimate of drug-likeness (QED) is 0.733. The van der Waals surface area contributed by atoms with E-state index in [1.165, 1.54) is 6.08 Å². The van der Waals surface area contributed by atoms with E-state index in [1.807, 2.05) is 44.2 Å². The second-order valence-corrected chi connectivity index (χ2v) is 5.85. The van der Waals surface area contributed by atoms with Crippen molar-refractivity contribution in [2.75, 3.05) is 13.7 Å². The molecule has 2 rings (SSSR count). The number of carbonyl (C=O) groups excluding carboxylic acids is 1. The van der Waals surface area contributed by atoms with Gasteiger partial charge in [0.15, 0.2) is 11.5 Å². The maximum Gasteiger partial charge on any atom is 0.244 e. The van der Waals surface area contributed by atoms with Gasteiger partial charge in [-0.3, -0.25) is 4.79 Å². The molecule has 2 aromatic carbocycles. The van der Waals surface area contributed by atoms with Crippen molar-refractivity contribution < 1.29 is 14.3 Å². The number of nitrogens with one attached hydrogen (secondary N) is 1. The van der Waals surface area contributed by atoms with Crippen LogP contribution in [0.25, 0.3) is 6.08 Å². The first-order valence-corrected chi connectivity index (χ1v) is 8.46. The van der Waals surface area contributed by atoms with Crippen molar-refractivity contribution in [2.45, 2.75) is 19.9 Å². The lowest BCUT2D eigenvalue weighted by Crippen LogP contribution is -2.24. The summed E-state index contributed by atoms with van der Waals surface area (Å²) in [5.41, 5.74) is 1.81. The third kappa shape index (κ3) is 5.26. The van der Waals surface area contributed by atoms with Gasteiger partial charge in [-0.05, 0) is 43.2 Å². The summed E-state index contributed by atoms with van der Waals surface area (Å²) in [7, 11) is 1.55. The molecular weight excluding hydrogens is 338 g/mol. The van der Waals surface area contributed by atoms with E-state index in [1.54, 1.807) is 25.3 Å². The van der Waals surface area contributed by atoms with E-state index in [-0.39, 0.29) is 11.9 Å². The van der Waals surface area contributed by atoms with E-state index in [2.05, 4.69) is 5.32 Å². The van der Waals surface area contributed by atoms with Crippen molar-refractivity contribution in [1.82, 2.24) is 5.32 Å². The Balaban J connectivity index is 2.08. The molecule has 0 aromatic heterocycles. The summed E-state index contributed by atoms with van der Waals surface area (Å²) in [5, 5.41) is 3.37. The van der Waals surface area contributed by atoms with Crippen molar-refractivity contribution in [3.8, 4) is 11.5 Å². The second kappa shape index (κ2) is 9.14. The number of methoxy groups -OCH3 is 1. The third-order valence-electron chi connectivity index (χ3n) is 3.63. The van der Waals surface area contributed by atoms with Gasteiger partial charge in [0.1, 0.15) is 0 Å². The fourth-order valence-corrected chi connectivity index (χ4v) is 2.65. The molecule has 4 nitrogen and oxygen atoms in total. The lowest BCUT2D eigenvalue weighted by molar-refractivity contribution is -0.117. The van der Waals surface area contributed by atoms with E-state index in [0.717, 1.165) is 11.1 Å². The highest BCUT2D eigenvalue weighted by Gasteiger charge is 2.11. The van der Waals surface area contributed by atoms with Crippen molar-refractivity contribution in [3.05, 3.63) is 64.7 Å². The summed E-state index contributed by atoms with van der Waals surface area (Å²) in [5.74, 6) is 0.860. The fourth-order valence-electron chi connectivity index (χ4n) is 2.38. The van der Waals surface area contributed by atoms with Crippen molar-refractivity contribution in [2.24, 2.45) is 0 Å². The minimum Gasteiger partial charge on any atom is -0.493 e. The average Bonchev–Trinajstić information content (AvgIpc) is 2.62. The molecule has 2 aromatic rings. The molecule has 1 amide bonds. The maximum atomic E-state index is 12.1. The number of benzene rings is 2. The largest absolute Gasteiger partial charge is 0.493 e. The van der Waals surface area contributed by atoms with Gasteiger partial charge in [0.05, 0.1) is 24.8 Å². The summed E-state index contributed by atoms with van der Waals surface area (Å²) in [6.45, 7) is 4.31. The topological polar surface area (TPSA) is 47.6 Å². The molecule has 0 spiro atoms. The number of rotatable bonds is 7. The molecule has 0 aliphatic heterocycles. The normalized spacial score (nSPS) is 12.0. The van der Waals surface area contributed by atoms with E-state index in [4.69, 9.17) is 21.1 Å². The molecule has 0 radical (unpaired) electrons. The number of halogens is 1. The van der Waals surface area contributed by atoms with Crippen LogP contribution in [-0.4, -0.2) is 19.6 Å². The molecule has 0 heterocycles. The second-order valence-electron chi connectivity index (χ2n) is 5.44. The maximum absolute atomic E-state index is 12.1. The zero-order chi connectivity index (χ0) is 18.2. The first-order valence-electron chi connectivity index (χ1n) is 8.09. The van der Waals surface area contributed by atoms with Gasteiger partial charge in [-0.25, -0.2) is 0 Å². The molecule has 132 valence electrons. The molecular formula is C20H22ClNO3. The molecule has 25 heavy (non-hydrogen) atoms. The van der Waals surface area contributed by atoms with E-state index in [0.29, 0.717) is 23.1 Å². The van der Waals surface area contributed by atoms with Crippen molar-refractivity contribution in [3.63, 3.8) is 0 Å². The molecule has 0 aliphatic rings. The first-order chi connectivity index (χ1) is 12.0. The zero-order valence-corrected chi connectivity index (χ0v) is 15.3. The van der Waals surface area contributed by atoms with Crippen LogP contribution < -0.4 is 14.8 Å². The van der Waals surface area contributed by atoms with Crippen LogP contribution in [0, 0.1) is 0 Å². The SMILES string of the molecule is CCOc1c(Cl)cc(/C=C/C(=O)N[C@@H](C)c2ccccc2)cc1OC. The lowest BCUT2D eigenvalue weighted by Gasteiger charge is -2.13. The van der Waals surface area contributed by atoms with Crippen molar-refractivity contribution in [1.29, 1.82) is 0 Å². The minimum atomic E-state index is -0.180. The molecule has 1 N–H and O–H groups in total. The molecule has 0 saturated heterocycles. The number of ether oxygens (including phenoxy) is 2. The Labute approximate surface area is 153 Å². The van der Waals surface area contributed by atoms with Crippen LogP contribution in [0.1, 0.15) is 31.0 Å². The summed E-state index contributed by atoms with van der Waals surface area (Å²) in [4.78, 5) is 12.1. The molecule has 1 atom stereocenters. The standard InChI is InChI=1S/C20H22ClNO3/c1-4-25-20-17(21)12-15(13-18(20)24-3)10-11-19(23)22-14(2)16-8-6-5-7-9-16/h5-14H,4H2,1-3H3,(H,22,23)/b11-10+/t14-/m0/s1. The van der Waals surface area contributed by atoms with Crippen LogP contribution in [0.15, 0.2) is 48.5 Å². The monoisotopic (exact) mass is 359 g/mol.